The topological polar surface area (TPSA) is 78.9 Å². The highest BCUT2D eigenvalue weighted by atomic mass is 16.6. The van der Waals surface area contributed by atoms with Crippen molar-refractivity contribution >= 4 is 17.9 Å². The first-order chi connectivity index (χ1) is 27.5. The van der Waals surface area contributed by atoms with Crippen molar-refractivity contribution in [2.24, 2.45) is 0 Å². The van der Waals surface area contributed by atoms with E-state index in [9.17, 15) is 14.4 Å². The van der Waals surface area contributed by atoms with E-state index in [0.29, 0.717) is 25.7 Å². The minimum absolute atomic E-state index is 0.124. The molecular weight excluding hydrogens is 697 g/mol. The lowest BCUT2D eigenvalue weighted by Gasteiger charge is -2.18. The van der Waals surface area contributed by atoms with Crippen molar-refractivity contribution in [2.75, 3.05) is 13.2 Å². The number of hydrogen-bond donors (Lipinski definition) is 0. The maximum atomic E-state index is 12.7. The number of allylic oxidation sites excluding steroid dienone is 14. The molecule has 0 rings (SSSR count). The molecule has 0 heterocycles. The fourth-order valence-electron chi connectivity index (χ4n) is 5.71. The van der Waals surface area contributed by atoms with E-state index >= 15 is 0 Å². The second kappa shape index (κ2) is 44.3. The Morgan fingerprint density at radius 1 is 0.375 bits per heavy atom. The summed E-state index contributed by atoms with van der Waals surface area (Å²) >= 11 is 0. The van der Waals surface area contributed by atoms with Gasteiger partial charge in [0.15, 0.2) is 6.10 Å². The zero-order valence-electron chi connectivity index (χ0n) is 36.1. The van der Waals surface area contributed by atoms with E-state index < -0.39 is 6.10 Å². The molecule has 0 fully saturated rings. The molecule has 0 radical (unpaired) electrons. The summed E-state index contributed by atoms with van der Waals surface area (Å²) in [4.78, 5) is 37.6. The van der Waals surface area contributed by atoms with Crippen LogP contribution in [0.4, 0.5) is 0 Å². The highest BCUT2D eigenvalue weighted by Gasteiger charge is 2.19. The number of carbonyl (C=O) groups is 3. The lowest BCUT2D eigenvalue weighted by molar-refractivity contribution is -0.167. The maximum absolute atomic E-state index is 12.7. The molecule has 0 aromatic heterocycles. The van der Waals surface area contributed by atoms with Crippen LogP contribution in [0.2, 0.25) is 0 Å². The van der Waals surface area contributed by atoms with Crippen molar-refractivity contribution in [3.8, 4) is 0 Å². The van der Waals surface area contributed by atoms with Crippen LogP contribution in [-0.4, -0.2) is 37.2 Å². The van der Waals surface area contributed by atoms with Gasteiger partial charge in [0.25, 0.3) is 0 Å². The lowest BCUT2D eigenvalue weighted by Crippen LogP contribution is -2.30. The molecule has 1 unspecified atom stereocenters. The zero-order valence-corrected chi connectivity index (χ0v) is 36.1. The third-order valence-corrected chi connectivity index (χ3v) is 9.10. The normalized spacial score (nSPS) is 12.8. The van der Waals surface area contributed by atoms with E-state index in [0.717, 1.165) is 64.2 Å². The second-order valence-corrected chi connectivity index (χ2v) is 14.6. The van der Waals surface area contributed by atoms with Crippen LogP contribution in [0.25, 0.3) is 0 Å². The monoisotopic (exact) mass is 779 g/mol. The Labute approximate surface area is 344 Å². The second-order valence-electron chi connectivity index (χ2n) is 14.6. The predicted octanol–water partition coefficient (Wildman–Crippen LogP) is 14.5. The zero-order chi connectivity index (χ0) is 40.8. The van der Waals surface area contributed by atoms with Crippen LogP contribution >= 0.6 is 0 Å². The van der Waals surface area contributed by atoms with Crippen LogP contribution in [0.5, 0.6) is 0 Å². The molecule has 56 heavy (non-hydrogen) atoms. The molecule has 0 aliphatic carbocycles. The van der Waals surface area contributed by atoms with Crippen molar-refractivity contribution in [1.82, 2.24) is 0 Å². The Hall–Kier alpha value is -3.41. The van der Waals surface area contributed by atoms with Gasteiger partial charge in [-0.3, -0.25) is 14.4 Å². The van der Waals surface area contributed by atoms with Gasteiger partial charge in [0.1, 0.15) is 13.2 Å². The van der Waals surface area contributed by atoms with Gasteiger partial charge >= 0.3 is 17.9 Å². The third-order valence-electron chi connectivity index (χ3n) is 9.10. The van der Waals surface area contributed by atoms with E-state index in [1.807, 2.05) is 0 Å². The van der Waals surface area contributed by atoms with Crippen LogP contribution in [0.15, 0.2) is 85.1 Å². The number of rotatable bonds is 39. The molecule has 6 nitrogen and oxygen atoms in total. The molecule has 0 aromatic carbocycles. The fraction of sp³-hybridized carbons (Fsp3) is 0.660. The molecule has 0 N–H and O–H groups in total. The number of carbonyl (C=O) groups excluding carboxylic acids is 3. The van der Waals surface area contributed by atoms with Crippen molar-refractivity contribution in [3.63, 3.8) is 0 Å². The minimum Gasteiger partial charge on any atom is -0.462 e. The quantitative estimate of drug-likeness (QED) is 0.0268. The van der Waals surface area contributed by atoms with Crippen molar-refractivity contribution in [3.05, 3.63) is 85.1 Å². The predicted molar refractivity (Wildman–Crippen MR) is 237 cm³/mol. The van der Waals surface area contributed by atoms with Gasteiger partial charge in [0, 0.05) is 19.3 Å². The van der Waals surface area contributed by atoms with Gasteiger partial charge in [-0.1, -0.05) is 157 Å². The average molecular weight is 779 g/mol. The van der Waals surface area contributed by atoms with Crippen molar-refractivity contribution in [2.45, 2.75) is 200 Å². The molecule has 6 heteroatoms. The van der Waals surface area contributed by atoms with Gasteiger partial charge in [0.2, 0.25) is 0 Å². The van der Waals surface area contributed by atoms with E-state index in [1.165, 1.54) is 70.6 Å². The molecule has 0 saturated carbocycles. The number of unbranched alkanes of at least 4 members (excludes halogenated alkanes) is 14. The van der Waals surface area contributed by atoms with Gasteiger partial charge < -0.3 is 14.2 Å². The molecule has 0 aliphatic rings. The molecule has 0 amide bonds. The van der Waals surface area contributed by atoms with E-state index in [1.54, 1.807) is 0 Å². The maximum Gasteiger partial charge on any atom is 0.306 e. The largest absolute Gasteiger partial charge is 0.462 e. The summed E-state index contributed by atoms with van der Waals surface area (Å²) in [5.74, 6) is -1.06. The average Bonchev–Trinajstić information content (AvgIpc) is 3.19. The van der Waals surface area contributed by atoms with Gasteiger partial charge in [-0.05, 0) is 103 Å². The highest BCUT2D eigenvalue weighted by Crippen LogP contribution is 2.10. The molecule has 318 valence electrons. The Kier molecular flexibility index (Phi) is 41.6. The van der Waals surface area contributed by atoms with Gasteiger partial charge in [-0.15, -0.1) is 0 Å². The summed E-state index contributed by atoms with van der Waals surface area (Å²) < 4.78 is 16.6. The summed E-state index contributed by atoms with van der Waals surface area (Å²) in [6.45, 7) is 6.34. The molecule has 0 saturated heterocycles. The summed E-state index contributed by atoms with van der Waals surface area (Å²) in [6.07, 6.45) is 55.9. The number of esters is 3. The smallest absolute Gasteiger partial charge is 0.306 e. The summed E-state index contributed by atoms with van der Waals surface area (Å²) in [7, 11) is 0. The van der Waals surface area contributed by atoms with Gasteiger partial charge in [0.05, 0.1) is 0 Å². The van der Waals surface area contributed by atoms with Crippen LogP contribution in [0, 0.1) is 0 Å². The van der Waals surface area contributed by atoms with Crippen LogP contribution < -0.4 is 0 Å². The first kappa shape index (κ1) is 52.6. The minimum atomic E-state index is -0.825. The first-order valence-electron chi connectivity index (χ1n) is 22.6. The Morgan fingerprint density at radius 3 is 1.18 bits per heavy atom. The Morgan fingerprint density at radius 2 is 0.714 bits per heavy atom. The Balaban J connectivity index is 4.51. The lowest BCUT2D eigenvalue weighted by atomic mass is 10.1. The molecule has 0 aliphatic heterocycles. The van der Waals surface area contributed by atoms with Gasteiger partial charge in [-0.25, -0.2) is 0 Å². The van der Waals surface area contributed by atoms with E-state index in [-0.39, 0.29) is 44.0 Å². The molecule has 1 atom stereocenters. The Bertz CT molecular complexity index is 1120. The number of ether oxygens (including phenoxy) is 3. The standard InChI is InChI=1S/C50H82O6/c1-4-7-10-13-16-19-21-23-24-25-26-27-29-31-34-37-40-43-49(52)55-46-47(45-54-48(51)42-39-36-33-30-18-15-12-9-6-3)56-50(53)44-41-38-35-32-28-22-20-17-14-11-8-5-2/h8,11,17,20,23-24,26-28,30-34,47H,4-7,9-10,12-16,18-19,21-22,25,29,35-46H2,1-3H3/b11-8-,20-17-,24-23-,27-26-,32-28-,33-30-,34-31-. The van der Waals surface area contributed by atoms with E-state index in [4.69, 9.17) is 14.2 Å². The number of hydrogen-bond acceptors (Lipinski definition) is 6. The third kappa shape index (κ3) is 41.7. The molecule has 0 spiro atoms. The van der Waals surface area contributed by atoms with Crippen molar-refractivity contribution in [1.29, 1.82) is 0 Å². The fourth-order valence-corrected chi connectivity index (χ4v) is 5.71. The van der Waals surface area contributed by atoms with Crippen LogP contribution in [-0.2, 0) is 28.6 Å². The first-order valence-corrected chi connectivity index (χ1v) is 22.6. The van der Waals surface area contributed by atoms with Gasteiger partial charge in [-0.2, -0.15) is 0 Å². The SMILES string of the molecule is CC/C=C\C/C=C\C/C=C\CCCCC(=O)OC(COC(=O)CCC/C=C\C/C=C\C/C=C\CCCCCCCC)COC(=O)CCC/C=C\CCCCCC. The van der Waals surface area contributed by atoms with Crippen molar-refractivity contribution < 1.29 is 28.6 Å². The summed E-state index contributed by atoms with van der Waals surface area (Å²) in [6, 6.07) is 0. The molecule has 0 bridgehead atoms. The van der Waals surface area contributed by atoms with Crippen LogP contribution in [0.3, 0.4) is 0 Å². The molecule has 0 aromatic rings. The van der Waals surface area contributed by atoms with E-state index in [2.05, 4.69) is 106 Å². The highest BCUT2D eigenvalue weighted by molar-refractivity contribution is 5.71. The summed E-state index contributed by atoms with van der Waals surface area (Å²) in [5.41, 5.74) is 0. The molecular formula is C50H82O6. The van der Waals surface area contributed by atoms with Crippen LogP contribution in [0.1, 0.15) is 194 Å². The summed E-state index contributed by atoms with van der Waals surface area (Å²) in [5, 5.41) is 0.